The smallest absolute Gasteiger partial charge is 0.245 e. The van der Waals surface area contributed by atoms with Gasteiger partial charge in [0.2, 0.25) is 11.8 Å². The SMILES string of the molecule is COC(C)(C)CCN1C(=O)C(C)NC(=O)C1C(C)C. The summed E-state index contributed by atoms with van der Waals surface area (Å²) in [7, 11) is 1.66. The van der Waals surface area contributed by atoms with Crippen LogP contribution in [0.1, 0.15) is 41.0 Å². The van der Waals surface area contributed by atoms with E-state index in [2.05, 4.69) is 5.32 Å². The van der Waals surface area contributed by atoms with Gasteiger partial charge in [-0.15, -0.1) is 0 Å². The summed E-state index contributed by atoms with van der Waals surface area (Å²) in [6, 6.07) is -0.815. The van der Waals surface area contributed by atoms with Gasteiger partial charge in [-0.1, -0.05) is 13.8 Å². The molecule has 1 aliphatic heterocycles. The molecule has 0 radical (unpaired) electrons. The Morgan fingerprint density at radius 1 is 1.37 bits per heavy atom. The number of methoxy groups -OCH3 is 1. The fourth-order valence-corrected chi connectivity index (χ4v) is 2.29. The maximum absolute atomic E-state index is 12.3. The molecule has 1 heterocycles. The van der Waals surface area contributed by atoms with Crippen LogP contribution in [-0.2, 0) is 14.3 Å². The van der Waals surface area contributed by atoms with Gasteiger partial charge >= 0.3 is 0 Å². The van der Waals surface area contributed by atoms with Crippen molar-refractivity contribution in [3.63, 3.8) is 0 Å². The second kappa shape index (κ2) is 5.90. The van der Waals surface area contributed by atoms with Gasteiger partial charge < -0.3 is 15.0 Å². The molecule has 0 aromatic rings. The lowest BCUT2D eigenvalue weighted by molar-refractivity contribution is -0.151. The molecule has 0 aromatic heterocycles. The van der Waals surface area contributed by atoms with Crippen LogP contribution in [0, 0.1) is 5.92 Å². The van der Waals surface area contributed by atoms with Gasteiger partial charge in [0.15, 0.2) is 0 Å². The van der Waals surface area contributed by atoms with Gasteiger partial charge in [0, 0.05) is 13.7 Å². The van der Waals surface area contributed by atoms with E-state index < -0.39 is 6.04 Å². The number of carbonyl (C=O) groups excluding carboxylic acids is 2. The topological polar surface area (TPSA) is 58.6 Å². The second-order valence-corrected chi connectivity index (χ2v) is 6.16. The quantitative estimate of drug-likeness (QED) is 0.816. The summed E-state index contributed by atoms with van der Waals surface area (Å²) in [5, 5.41) is 2.74. The van der Waals surface area contributed by atoms with Crippen molar-refractivity contribution in [2.75, 3.05) is 13.7 Å². The maximum atomic E-state index is 12.3. The average molecular weight is 270 g/mol. The van der Waals surface area contributed by atoms with Gasteiger partial charge in [0.05, 0.1) is 5.60 Å². The first-order chi connectivity index (χ1) is 8.69. The molecule has 0 bridgehead atoms. The highest BCUT2D eigenvalue weighted by Gasteiger charge is 2.40. The first-order valence-corrected chi connectivity index (χ1v) is 6.85. The van der Waals surface area contributed by atoms with Crippen LogP contribution in [0.25, 0.3) is 0 Å². The fraction of sp³-hybridized carbons (Fsp3) is 0.857. The summed E-state index contributed by atoms with van der Waals surface area (Å²) >= 11 is 0. The van der Waals surface area contributed by atoms with E-state index in [1.54, 1.807) is 18.9 Å². The van der Waals surface area contributed by atoms with Crippen molar-refractivity contribution in [3.05, 3.63) is 0 Å². The number of piperazine rings is 1. The molecule has 5 nitrogen and oxygen atoms in total. The van der Waals surface area contributed by atoms with E-state index in [1.165, 1.54) is 0 Å². The summed E-state index contributed by atoms with van der Waals surface area (Å²) in [5.74, 6) is 0.0321. The van der Waals surface area contributed by atoms with E-state index in [4.69, 9.17) is 4.74 Å². The Morgan fingerprint density at radius 2 is 1.95 bits per heavy atom. The van der Waals surface area contributed by atoms with E-state index in [9.17, 15) is 9.59 Å². The average Bonchev–Trinajstić information content (AvgIpc) is 2.31. The van der Waals surface area contributed by atoms with Crippen LogP contribution >= 0.6 is 0 Å². The van der Waals surface area contributed by atoms with Crippen molar-refractivity contribution < 1.29 is 14.3 Å². The molecular weight excluding hydrogens is 244 g/mol. The van der Waals surface area contributed by atoms with Crippen LogP contribution in [0.3, 0.4) is 0 Å². The van der Waals surface area contributed by atoms with Crippen molar-refractivity contribution in [1.29, 1.82) is 0 Å². The number of amides is 2. The molecule has 2 atom stereocenters. The highest BCUT2D eigenvalue weighted by atomic mass is 16.5. The highest BCUT2D eigenvalue weighted by molar-refractivity contribution is 5.96. The minimum absolute atomic E-state index is 0.00907. The Balaban J connectivity index is 2.84. The Bertz CT molecular complexity index is 353. The lowest BCUT2D eigenvalue weighted by Gasteiger charge is -2.41. The number of ether oxygens (including phenoxy) is 1. The largest absolute Gasteiger partial charge is 0.379 e. The van der Waals surface area contributed by atoms with Gasteiger partial charge in [0.1, 0.15) is 12.1 Å². The third kappa shape index (κ3) is 3.69. The van der Waals surface area contributed by atoms with Gasteiger partial charge in [0.25, 0.3) is 0 Å². The summed E-state index contributed by atoms with van der Waals surface area (Å²) in [4.78, 5) is 26.0. The highest BCUT2D eigenvalue weighted by Crippen LogP contribution is 2.21. The van der Waals surface area contributed by atoms with Gasteiger partial charge in [-0.3, -0.25) is 9.59 Å². The van der Waals surface area contributed by atoms with Crippen molar-refractivity contribution >= 4 is 11.8 Å². The molecule has 2 amide bonds. The van der Waals surface area contributed by atoms with Gasteiger partial charge in [-0.05, 0) is 33.1 Å². The zero-order valence-electron chi connectivity index (χ0n) is 12.8. The van der Waals surface area contributed by atoms with Crippen LogP contribution in [0.15, 0.2) is 0 Å². The second-order valence-electron chi connectivity index (χ2n) is 6.16. The summed E-state index contributed by atoms with van der Waals surface area (Å²) < 4.78 is 5.37. The number of carbonyl (C=O) groups is 2. The Labute approximate surface area is 115 Å². The van der Waals surface area contributed by atoms with Crippen molar-refractivity contribution in [3.8, 4) is 0 Å². The van der Waals surface area contributed by atoms with E-state index in [-0.39, 0.29) is 29.4 Å². The number of nitrogens with zero attached hydrogens (tertiary/aromatic N) is 1. The monoisotopic (exact) mass is 270 g/mol. The number of rotatable bonds is 5. The molecule has 19 heavy (non-hydrogen) atoms. The Morgan fingerprint density at radius 3 is 2.42 bits per heavy atom. The van der Waals surface area contributed by atoms with Gasteiger partial charge in [-0.2, -0.15) is 0 Å². The maximum Gasteiger partial charge on any atom is 0.245 e. The van der Waals surface area contributed by atoms with Crippen molar-refractivity contribution in [1.82, 2.24) is 10.2 Å². The van der Waals surface area contributed by atoms with E-state index in [0.29, 0.717) is 13.0 Å². The lowest BCUT2D eigenvalue weighted by Crippen LogP contribution is -2.64. The summed E-state index contributed by atoms with van der Waals surface area (Å²) in [5.41, 5.74) is -0.293. The van der Waals surface area contributed by atoms with E-state index in [0.717, 1.165) is 0 Å². The molecule has 5 heteroatoms. The van der Waals surface area contributed by atoms with Crippen LogP contribution < -0.4 is 5.32 Å². The first-order valence-electron chi connectivity index (χ1n) is 6.85. The zero-order valence-corrected chi connectivity index (χ0v) is 12.8. The molecule has 0 spiro atoms. The van der Waals surface area contributed by atoms with Crippen molar-refractivity contribution in [2.24, 2.45) is 5.92 Å². The molecular formula is C14H26N2O3. The van der Waals surface area contributed by atoms with Crippen molar-refractivity contribution in [2.45, 2.75) is 58.7 Å². The molecule has 0 aliphatic carbocycles. The molecule has 0 aromatic carbocycles. The third-order valence-corrected chi connectivity index (χ3v) is 3.76. The summed E-state index contributed by atoms with van der Waals surface area (Å²) in [6.45, 7) is 10.2. The molecule has 2 unspecified atom stereocenters. The molecule has 1 aliphatic rings. The van der Waals surface area contributed by atoms with Crippen LogP contribution in [0.4, 0.5) is 0 Å². The first kappa shape index (κ1) is 16.0. The Hall–Kier alpha value is -1.10. The molecule has 110 valence electrons. The van der Waals surface area contributed by atoms with Crippen LogP contribution in [-0.4, -0.2) is 48.1 Å². The van der Waals surface area contributed by atoms with E-state index in [1.807, 2.05) is 27.7 Å². The minimum Gasteiger partial charge on any atom is -0.379 e. The van der Waals surface area contributed by atoms with Crippen LogP contribution in [0.5, 0.6) is 0 Å². The number of hydrogen-bond acceptors (Lipinski definition) is 3. The van der Waals surface area contributed by atoms with Gasteiger partial charge in [-0.25, -0.2) is 0 Å². The standard InChI is InChI=1S/C14H26N2O3/c1-9(2)11-12(17)15-10(3)13(18)16(11)8-7-14(4,5)19-6/h9-11H,7-8H2,1-6H3,(H,15,17). The normalized spacial score (nSPS) is 24.9. The lowest BCUT2D eigenvalue weighted by atomic mass is 9.95. The molecule has 1 fully saturated rings. The Kier molecular flexibility index (Phi) is 4.96. The molecule has 1 N–H and O–H groups in total. The predicted molar refractivity (Wildman–Crippen MR) is 73.6 cm³/mol. The minimum atomic E-state index is -0.437. The van der Waals surface area contributed by atoms with E-state index >= 15 is 0 Å². The predicted octanol–water partition coefficient (Wildman–Crippen LogP) is 1.17. The van der Waals surface area contributed by atoms with Crippen LogP contribution in [0.2, 0.25) is 0 Å². The molecule has 0 saturated carbocycles. The molecule has 1 saturated heterocycles. The number of nitrogens with one attached hydrogen (secondary N) is 1. The zero-order chi connectivity index (χ0) is 14.8. The summed E-state index contributed by atoms with van der Waals surface area (Å²) in [6.07, 6.45) is 0.707. The third-order valence-electron chi connectivity index (χ3n) is 3.76. The molecule has 1 rings (SSSR count). The number of hydrogen-bond donors (Lipinski definition) is 1. The fourth-order valence-electron chi connectivity index (χ4n) is 2.29.